The zero-order valence-corrected chi connectivity index (χ0v) is 13.0. The summed E-state index contributed by atoms with van der Waals surface area (Å²) in [5.41, 5.74) is 3.45. The summed E-state index contributed by atoms with van der Waals surface area (Å²) in [6.07, 6.45) is 5.52. The molecular formula is C19H19N3O. The molecule has 0 spiro atoms. The van der Waals surface area contributed by atoms with Gasteiger partial charge in [-0.25, -0.2) is 4.98 Å². The van der Waals surface area contributed by atoms with Crippen LogP contribution in [0.5, 0.6) is 0 Å². The monoisotopic (exact) mass is 305 g/mol. The van der Waals surface area contributed by atoms with E-state index in [1.807, 2.05) is 16.8 Å². The van der Waals surface area contributed by atoms with Gasteiger partial charge in [0.15, 0.2) is 0 Å². The van der Waals surface area contributed by atoms with Crippen LogP contribution in [-0.4, -0.2) is 15.6 Å². The van der Waals surface area contributed by atoms with Crippen molar-refractivity contribution in [2.75, 3.05) is 0 Å². The summed E-state index contributed by atoms with van der Waals surface area (Å²) in [5, 5.41) is 3.53. The summed E-state index contributed by atoms with van der Waals surface area (Å²) >= 11 is 0. The van der Waals surface area contributed by atoms with Gasteiger partial charge < -0.3 is 9.30 Å². The molecule has 1 fully saturated rings. The Bertz CT molecular complexity index is 753. The minimum absolute atomic E-state index is 0.0768. The summed E-state index contributed by atoms with van der Waals surface area (Å²) in [5.74, 6) is 0. The maximum atomic E-state index is 6.25. The van der Waals surface area contributed by atoms with Crippen LogP contribution >= 0.6 is 0 Å². The van der Waals surface area contributed by atoms with E-state index < -0.39 is 0 Å². The SMILES string of the molecule is C[C@@H]1N[C@@H](c2ccc(-n3ccnc3)cc2)O[C@@H]1c1ccccc1. The first kappa shape index (κ1) is 14.2. The third-order valence-electron chi connectivity index (χ3n) is 4.28. The minimum atomic E-state index is -0.0768. The fraction of sp³-hybridized carbons (Fsp3) is 0.211. The van der Waals surface area contributed by atoms with E-state index in [-0.39, 0.29) is 18.4 Å². The lowest BCUT2D eigenvalue weighted by atomic mass is 10.0. The van der Waals surface area contributed by atoms with Gasteiger partial charge in [0.2, 0.25) is 0 Å². The van der Waals surface area contributed by atoms with Gasteiger partial charge in [0.25, 0.3) is 0 Å². The highest BCUT2D eigenvalue weighted by molar-refractivity contribution is 5.35. The maximum Gasteiger partial charge on any atom is 0.135 e. The van der Waals surface area contributed by atoms with Gasteiger partial charge >= 0.3 is 0 Å². The van der Waals surface area contributed by atoms with Gasteiger partial charge in [0.05, 0.1) is 6.33 Å². The van der Waals surface area contributed by atoms with Gasteiger partial charge in [0.1, 0.15) is 12.3 Å². The molecule has 4 heteroatoms. The Morgan fingerprint density at radius 3 is 2.48 bits per heavy atom. The fourth-order valence-electron chi connectivity index (χ4n) is 3.05. The average Bonchev–Trinajstić information content (AvgIpc) is 3.26. The molecule has 4 rings (SSSR count). The van der Waals surface area contributed by atoms with Crippen molar-refractivity contribution >= 4 is 0 Å². The number of benzene rings is 2. The van der Waals surface area contributed by atoms with Crippen LogP contribution in [0.3, 0.4) is 0 Å². The number of nitrogens with one attached hydrogen (secondary N) is 1. The number of hydrogen-bond acceptors (Lipinski definition) is 3. The molecule has 0 unspecified atom stereocenters. The quantitative estimate of drug-likeness (QED) is 0.803. The molecule has 23 heavy (non-hydrogen) atoms. The second kappa shape index (κ2) is 5.99. The first-order valence-electron chi connectivity index (χ1n) is 7.86. The molecule has 116 valence electrons. The second-order valence-electron chi connectivity index (χ2n) is 5.86. The minimum Gasteiger partial charge on any atom is -0.350 e. The van der Waals surface area contributed by atoms with Crippen molar-refractivity contribution in [3.8, 4) is 5.69 Å². The van der Waals surface area contributed by atoms with Crippen molar-refractivity contribution in [3.63, 3.8) is 0 Å². The zero-order valence-electron chi connectivity index (χ0n) is 13.0. The molecule has 1 saturated heterocycles. The van der Waals surface area contributed by atoms with Crippen LogP contribution < -0.4 is 5.32 Å². The fourth-order valence-corrected chi connectivity index (χ4v) is 3.05. The molecule has 1 aliphatic rings. The molecule has 1 aromatic heterocycles. The molecule has 0 radical (unpaired) electrons. The Morgan fingerprint density at radius 1 is 1.00 bits per heavy atom. The van der Waals surface area contributed by atoms with Crippen LogP contribution in [0.25, 0.3) is 5.69 Å². The van der Waals surface area contributed by atoms with Crippen molar-refractivity contribution < 1.29 is 4.74 Å². The van der Waals surface area contributed by atoms with Gasteiger partial charge in [-0.2, -0.15) is 0 Å². The van der Waals surface area contributed by atoms with Crippen LogP contribution in [0.15, 0.2) is 73.3 Å². The topological polar surface area (TPSA) is 39.1 Å². The molecule has 0 saturated carbocycles. The normalized spacial score (nSPS) is 24.0. The maximum absolute atomic E-state index is 6.25. The van der Waals surface area contributed by atoms with E-state index in [0.717, 1.165) is 11.3 Å². The van der Waals surface area contributed by atoms with Gasteiger partial charge in [-0.1, -0.05) is 42.5 Å². The Morgan fingerprint density at radius 2 is 1.78 bits per heavy atom. The van der Waals surface area contributed by atoms with Crippen LogP contribution in [0.1, 0.15) is 30.4 Å². The van der Waals surface area contributed by atoms with Crippen LogP contribution in [0.2, 0.25) is 0 Å². The zero-order chi connectivity index (χ0) is 15.6. The third kappa shape index (κ3) is 2.79. The highest BCUT2D eigenvalue weighted by Gasteiger charge is 2.33. The summed E-state index contributed by atoms with van der Waals surface area (Å²) in [4.78, 5) is 4.08. The molecule has 3 aromatic rings. The average molecular weight is 305 g/mol. The van der Waals surface area contributed by atoms with E-state index in [1.165, 1.54) is 5.56 Å². The van der Waals surface area contributed by atoms with Crippen LogP contribution in [0, 0.1) is 0 Å². The molecule has 0 aliphatic carbocycles. The molecule has 1 aliphatic heterocycles. The molecule has 0 bridgehead atoms. The van der Waals surface area contributed by atoms with Crippen LogP contribution in [-0.2, 0) is 4.74 Å². The number of hydrogen-bond donors (Lipinski definition) is 1. The second-order valence-corrected chi connectivity index (χ2v) is 5.86. The molecule has 3 atom stereocenters. The number of ether oxygens (including phenoxy) is 1. The number of aromatic nitrogens is 2. The predicted octanol–water partition coefficient (Wildman–Crippen LogP) is 3.62. The van der Waals surface area contributed by atoms with E-state index in [1.54, 1.807) is 12.5 Å². The van der Waals surface area contributed by atoms with Crippen molar-refractivity contribution in [2.24, 2.45) is 0 Å². The number of rotatable bonds is 3. The van der Waals surface area contributed by atoms with Crippen LogP contribution in [0.4, 0.5) is 0 Å². The Hall–Kier alpha value is -2.43. The molecule has 4 nitrogen and oxygen atoms in total. The highest BCUT2D eigenvalue weighted by atomic mass is 16.5. The summed E-state index contributed by atoms with van der Waals surface area (Å²) in [7, 11) is 0. The van der Waals surface area contributed by atoms with Crippen molar-refractivity contribution in [3.05, 3.63) is 84.4 Å². The summed E-state index contributed by atoms with van der Waals surface area (Å²) in [6, 6.07) is 19.0. The standard InChI is InChI=1S/C19H19N3O/c1-14-18(15-5-3-2-4-6-15)23-19(21-14)16-7-9-17(10-8-16)22-12-11-20-13-22/h2-14,18-19,21H,1H3/t14-,18-,19+/m0/s1. The van der Waals surface area contributed by atoms with E-state index in [0.29, 0.717) is 0 Å². The third-order valence-corrected chi connectivity index (χ3v) is 4.28. The Balaban J connectivity index is 1.53. The van der Waals surface area contributed by atoms with E-state index in [2.05, 4.69) is 65.8 Å². The van der Waals surface area contributed by atoms with Gasteiger partial charge in [-0.05, 0) is 30.2 Å². The van der Waals surface area contributed by atoms with Crippen molar-refractivity contribution in [1.29, 1.82) is 0 Å². The lowest BCUT2D eigenvalue weighted by Gasteiger charge is -2.14. The molecule has 1 N–H and O–H groups in total. The lowest BCUT2D eigenvalue weighted by Crippen LogP contribution is -2.23. The van der Waals surface area contributed by atoms with Gasteiger partial charge in [0, 0.05) is 24.1 Å². The molecule has 2 aromatic carbocycles. The Kier molecular flexibility index (Phi) is 3.69. The summed E-state index contributed by atoms with van der Waals surface area (Å²) in [6.45, 7) is 2.16. The molecular weight excluding hydrogens is 286 g/mol. The van der Waals surface area contributed by atoms with Crippen molar-refractivity contribution in [2.45, 2.75) is 25.3 Å². The van der Waals surface area contributed by atoms with Crippen molar-refractivity contribution in [1.82, 2.24) is 14.9 Å². The van der Waals surface area contributed by atoms with E-state index in [9.17, 15) is 0 Å². The molecule has 2 heterocycles. The van der Waals surface area contributed by atoms with Gasteiger partial charge in [-0.15, -0.1) is 0 Å². The number of imidazole rings is 1. The first-order valence-corrected chi connectivity index (χ1v) is 7.86. The van der Waals surface area contributed by atoms with E-state index in [4.69, 9.17) is 4.74 Å². The lowest BCUT2D eigenvalue weighted by molar-refractivity contribution is 0.0363. The largest absolute Gasteiger partial charge is 0.350 e. The summed E-state index contributed by atoms with van der Waals surface area (Å²) < 4.78 is 8.23. The predicted molar refractivity (Wildman–Crippen MR) is 89.2 cm³/mol. The molecule has 0 amide bonds. The first-order chi connectivity index (χ1) is 11.3. The Labute approximate surface area is 135 Å². The number of nitrogens with zero attached hydrogens (tertiary/aromatic N) is 2. The highest BCUT2D eigenvalue weighted by Crippen LogP contribution is 2.34. The van der Waals surface area contributed by atoms with Gasteiger partial charge in [-0.3, -0.25) is 5.32 Å². The smallest absolute Gasteiger partial charge is 0.135 e. The van der Waals surface area contributed by atoms with E-state index >= 15 is 0 Å².